The summed E-state index contributed by atoms with van der Waals surface area (Å²) in [5.74, 6) is -2.22. The minimum absolute atomic E-state index is 0.0293. The summed E-state index contributed by atoms with van der Waals surface area (Å²) >= 11 is 5.04. The lowest BCUT2D eigenvalue weighted by Gasteiger charge is -2.43. The average molecular weight is 557 g/mol. The van der Waals surface area contributed by atoms with Gasteiger partial charge in [-0.05, 0) is 55.8 Å². The predicted octanol–water partition coefficient (Wildman–Crippen LogP) is 4.76. The highest BCUT2D eigenvalue weighted by Crippen LogP contribution is 2.40. The highest BCUT2D eigenvalue weighted by atomic mass is 35.5. The Morgan fingerprint density at radius 3 is 2.22 bits per heavy atom. The van der Waals surface area contributed by atoms with Crippen molar-refractivity contribution in [2.45, 2.75) is 60.1 Å². The Hall–Kier alpha value is -2.58. The van der Waals surface area contributed by atoms with Gasteiger partial charge >= 0.3 is 12.1 Å². The summed E-state index contributed by atoms with van der Waals surface area (Å²) in [7, 11) is 0. The molecule has 1 aliphatic carbocycles. The largest absolute Gasteiger partial charge is 0.446 e. The van der Waals surface area contributed by atoms with Gasteiger partial charge < -0.3 is 10.1 Å². The molecule has 0 saturated heterocycles. The van der Waals surface area contributed by atoms with Gasteiger partial charge in [0.15, 0.2) is 5.54 Å². The first-order valence-electron chi connectivity index (χ1n) is 10.3. The SMILES string of the molecule is C[C@](C(=O)NC1CC(OC(F)F)C1)(c1cncnc1)N(C(=O)[C@H](F)Cl)c1ccc(SC(F)(F)F)cc1. The van der Waals surface area contributed by atoms with Gasteiger partial charge in [0.05, 0.1) is 6.10 Å². The summed E-state index contributed by atoms with van der Waals surface area (Å²) in [4.78, 5) is 34.6. The summed E-state index contributed by atoms with van der Waals surface area (Å²) in [6.45, 7) is -1.72. The van der Waals surface area contributed by atoms with Gasteiger partial charge in [0, 0.05) is 34.6 Å². The average Bonchev–Trinajstić information content (AvgIpc) is 2.77. The van der Waals surface area contributed by atoms with Gasteiger partial charge in [0.1, 0.15) is 6.33 Å². The number of nitrogens with zero attached hydrogens (tertiary/aromatic N) is 3. The number of anilines is 1. The number of alkyl halides is 7. The molecule has 0 radical (unpaired) electrons. The Morgan fingerprint density at radius 1 is 1.14 bits per heavy atom. The smallest absolute Gasteiger partial charge is 0.351 e. The first-order chi connectivity index (χ1) is 16.8. The van der Waals surface area contributed by atoms with Gasteiger partial charge in [-0.15, -0.1) is 0 Å². The number of hydrogen-bond acceptors (Lipinski definition) is 6. The summed E-state index contributed by atoms with van der Waals surface area (Å²) < 4.78 is 81.5. The minimum atomic E-state index is -4.57. The fraction of sp³-hybridized carbons (Fsp3) is 0.429. The summed E-state index contributed by atoms with van der Waals surface area (Å²) in [6, 6.07) is 3.72. The second-order valence-corrected chi connectivity index (χ2v) is 9.40. The van der Waals surface area contributed by atoms with Crippen LogP contribution >= 0.6 is 23.4 Å². The van der Waals surface area contributed by atoms with Crippen LogP contribution < -0.4 is 10.2 Å². The zero-order valence-corrected chi connectivity index (χ0v) is 20.0. The van der Waals surface area contributed by atoms with Crippen LogP contribution in [0.1, 0.15) is 25.3 Å². The van der Waals surface area contributed by atoms with Crippen LogP contribution in [0.3, 0.4) is 0 Å². The van der Waals surface area contributed by atoms with Gasteiger partial charge in [0.2, 0.25) is 0 Å². The molecule has 3 rings (SSSR count). The predicted molar refractivity (Wildman–Crippen MR) is 118 cm³/mol. The fourth-order valence-electron chi connectivity index (χ4n) is 3.68. The van der Waals surface area contributed by atoms with Gasteiger partial charge in [-0.2, -0.15) is 22.0 Å². The maximum Gasteiger partial charge on any atom is 0.446 e. The van der Waals surface area contributed by atoms with Crippen LogP contribution in [0.5, 0.6) is 0 Å². The molecule has 0 unspecified atom stereocenters. The Kier molecular flexibility index (Phi) is 8.72. The van der Waals surface area contributed by atoms with Crippen molar-refractivity contribution >= 4 is 40.9 Å². The molecule has 1 aromatic heterocycles. The van der Waals surface area contributed by atoms with Crippen molar-refractivity contribution in [3.05, 3.63) is 48.5 Å². The maximum absolute atomic E-state index is 14.1. The van der Waals surface area contributed by atoms with Gasteiger partial charge in [-0.1, -0.05) is 11.6 Å². The van der Waals surface area contributed by atoms with Gasteiger partial charge in [-0.3, -0.25) is 14.5 Å². The van der Waals surface area contributed by atoms with Crippen LogP contribution in [0, 0.1) is 0 Å². The summed E-state index contributed by atoms with van der Waals surface area (Å²) in [6.07, 6.45) is 2.90. The molecule has 36 heavy (non-hydrogen) atoms. The zero-order chi connectivity index (χ0) is 26.7. The van der Waals surface area contributed by atoms with E-state index in [-0.39, 0.29) is 29.0 Å². The van der Waals surface area contributed by atoms with E-state index >= 15 is 0 Å². The number of thioether (sulfide) groups is 1. The molecule has 0 bridgehead atoms. The van der Waals surface area contributed by atoms with Crippen LogP contribution in [0.2, 0.25) is 0 Å². The van der Waals surface area contributed by atoms with E-state index in [1.807, 2.05) is 0 Å². The number of halogens is 7. The number of hydrogen-bond donors (Lipinski definition) is 1. The van der Waals surface area contributed by atoms with Crippen LogP contribution in [-0.4, -0.2) is 51.7 Å². The molecule has 1 N–H and O–H groups in total. The quantitative estimate of drug-likeness (QED) is 0.272. The molecule has 1 aliphatic rings. The zero-order valence-electron chi connectivity index (χ0n) is 18.4. The van der Waals surface area contributed by atoms with E-state index in [0.29, 0.717) is 4.90 Å². The van der Waals surface area contributed by atoms with Crippen molar-refractivity contribution in [1.29, 1.82) is 0 Å². The highest BCUT2D eigenvalue weighted by molar-refractivity contribution is 8.00. The first kappa shape index (κ1) is 28.0. The van der Waals surface area contributed by atoms with Gasteiger partial charge in [-0.25, -0.2) is 14.4 Å². The molecular formula is C21H19ClF6N4O3S. The number of aromatic nitrogens is 2. The van der Waals surface area contributed by atoms with Crippen LogP contribution in [0.15, 0.2) is 47.9 Å². The Bertz CT molecular complexity index is 1060. The lowest BCUT2D eigenvalue weighted by molar-refractivity contribution is -0.186. The summed E-state index contributed by atoms with van der Waals surface area (Å²) in [5, 5.41) is 2.61. The molecule has 196 valence electrons. The first-order valence-corrected chi connectivity index (χ1v) is 11.5. The Morgan fingerprint density at radius 2 is 1.72 bits per heavy atom. The molecular weight excluding hydrogens is 538 g/mol. The number of nitrogens with one attached hydrogen (secondary N) is 1. The molecule has 0 aliphatic heterocycles. The van der Waals surface area contributed by atoms with E-state index in [9.17, 15) is 35.9 Å². The normalized spacial score (nSPS) is 20.2. The van der Waals surface area contributed by atoms with E-state index in [1.165, 1.54) is 19.3 Å². The van der Waals surface area contributed by atoms with Crippen molar-refractivity contribution < 1.29 is 40.7 Å². The molecule has 1 aromatic carbocycles. The molecule has 1 saturated carbocycles. The summed E-state index contributed by atoms with van der Waals surface area (Å²) in [5.41, 5.74) is -9.32. The van der Waals surface area contributed by atoms with E-state index in [0.717, 1.165) is 30.6 Å². The third kappa shape index (κ3) is 6.59. The van der Waals surface area contributed by atoms with E-state index < -0.39 is 59.0 Å². The van der Waals surface area contributed by atoms with Crippen LogP contribution in [0.4, 0.5) is 32.0 Å². The van der Waals surface area contributed by atoms with Crippen molar-refractivity contribution in [3.63, 3.8) is 0 Å². The molecule has 7 nitrogen and oxygen atoms in total. The molecule has 2 atom stereocenters. The fourth-order valence-corrected chi connectivity index (χ4v) is 4.32. The molecule has 2 amide bonds. The van der Waals surface area contributed by atoms with Crippen molar-refractivity contribution in [2.24, 2.45) is 0 Å². The van der Waals surface area contributed by atoms with Crippen LogP contribution in [-0.2, 0) is 19.9 Å². The topological polar surface area (TPSA) is 84.4 Å². The molecule has 2 aromatic rings. The molecule has 1 heterocycles. The van der Waals surface area contributed by atoms with E-state index in [4.69, 9.17) is 11.6 Å². The second-order valence-electron chi connectivity index (χ2n) is 7.88. The maximum atomic E-state index is 14.1. The second kappa shape index (κ2) is 11.2. The monoisotopic (exact) mass is 556 g/mol. The van der Waals surface area contributed by atoms with E-state index in [1.54, 1.807) is 0 Å². The van der Waals surface area contributed by atoms with E-state index in [2.05, 4.69) is 20.0 Å². The Labute approximate surface area is 210 Å². The Balaban J connectivity index is 1.99. The standard InChI is InChI=1S/C21H19ClF6N4O3S/c1-20(11-8-29-10-30-9-11,18(34)31-12-6-14(7-12)35-19(24)25)32(17(33)16(22)23)13-2-4-15(5-3-13)36-21(26,27)28/h2-5,8-10,12,14,16,19H,6-7H2,1H3,(H,31,34)/t12?,14?,16-,20+/m0/s1. The van der Waals surface area contributed by atoms with Crippen molar-refractivity contribution in [3.8, 4) is 0 Å². The van der Waals surface area contributed by atoms with Gasteiger partial charge in [0.25, 0.3) is 17.4 Å². The number of rotatable bonds is 9. The lowest BCUT2D eigenvalue weighted by Crippen LogP contribution is -2.61. The van der Waals surface area contributed by atoms with Crippen LogP contribution in [0.25, 0.3) is 0 Å². The highest BCUT2D eigenvalue weighted by Gasteiger charge is 2.48. The molecule has 15 heteroatoms. The molecule has 1 fully saturated rings. The molecule has 0 spiro atoms. The number of carbonyl (C=O) groups excluding carboxylic acids is 2. The van der Waals surface area contributed by atoms with Crippen molar-refractivity contribution in [2.75, 3.05) is 4.90 Å². The number of amides is 2. The van der Waals surface area contributed by atoms with Crippen molar-refractivity contribution in [1.82, 2.24) is 15.3 Å². The minimum Gasteiger partial charge on any atom is -0.351 e. The number of ether oxygens (including phenoxy) is 1. The number of carbonyl (C=O) groups is 2. The lowest BCUT2D eigenvalue weighted by atomic mass is 9.85. The number of benzene rings is 1. The third-order valence-corrected chi connectivity index (χ3v) is 6.40. The third-order valence-electron chi connectivity index (χ3n) is 5.47.